The van der Waals surface area contributed by atoms with Gasteiger partial charge in [0.2, 0.25) is 11.8 Å². The minimum Gasteiger partial charge on any atom is -0.508 e. The number of carbonyl (C=O) groups excluding carboxylic acids is 3. The largest absolute Gasteiger partial charge is 0.508 e. The Labute approximate surface area is 241 Å². The van der Waals surface area contributed by atoms with Crippen molar-refractivity contribution in [1.82, 2.24) is 15.5 Å². The van der Waals surface area contributed by atoms with Crippen molar-refractivity contribution in [3.05, 3.63) is 101 Å². The highest BCUT2D eigenvalue weighted by Crippen LogP contribution is 2.26. The van der Waals surface area contributed by atoms with Gasteiger partial charge in [-0.05, 0) is 62.1 Å². The number of hydrogen-bond donors (Lipinski definition) is 4. The average Bonchev–Trinajstić information content (AvgIpc) is 2.92. The number of carbonyl (C=O) groups is 3. The highest BCUT2D eigenvalue weighted by Gasteiger charge is 2.36. The van der Waals surface area contributed by atoms with Gasteiger partial charge in [0.1, 0.15) is 23.4 Å². The van der Waals surface area contributed by atoms with Gasteiger partial charge in [0, 0.05) is 19.5 Å². The van der Waals surface area contributed by atoms with Crippen molar-refractivity contribution in [3.8, 4) is 5.75 Å². The van der Waals surface area contributed by atoms with E-state index in [1.807, 2.05) is 49.4 Å². The summed E-state index contributed by atoms with van der Waals surface area (Å²) in [6.07, 6.45) is -0.730. The zero-order valence-electron chi connectivity index (χ0n) is 24.0. The van der Waals surface area contributed by atoms with Gasteiger partial charge in [0.05, 0.1) is 6.61 Å². The van der Waals surface area contributed by atoms with E-state index in [4.69, 9.17) is 4.74 Å². The molecule has 0 heterocycles. The first-order valence-corrected chi connectivity index (χ1v) is 13.5. The molecule has 0 fully saturated rings. The molecule has 9 nitrogen and oxygen atoms in total. The number of hydrogen-bond acceptors (Lipinski definition) is 6. The fourth-order valence-corrected chi connectivity index (χ4v) is 4.42. The van der Waals surface area contributed by atoms with Crippen LogP contribution in [0.1, 0.15) is 49.1 Å². The van der Waals surface area contributed by atoms with E-state index in [1.54, 1.807) is 45.0 Å². The lowest BCUT2D eigenvalue weighted by Gasteiger charge is -2.34. The molecule has 0 saturated heterocycles. The zero-order valence-corrected chi connectivity index (χ0v) is 24.0. The summed E-state index contributed by atoms with van der Waals surface area (Å²) in [7, 11) is 0. The third-order valence-corrected chi connectivity index (χ3v) is 6.34. The van der Waals surface area contributed by atoms with Crippen LogP contribution in [0.5, 0.6) is 5.75 Å². The van der Waals surface area contributed by atoms with Crippen LogP contribution in [0.2, 0.25) is 0 Å². The minimum atomic E-state index is -1.13. The molecule has 0 radical (unpaired) electrons. The van der Waals surface area contributed by atoms with Crippen LogP contribution in [0.25, 0.3) is 0 Å². The Hall–Kier alpha value is -4.37. The maximum Gasteiger partial charge on any atom is 0.408 e. The van der Waals surface area contributed by atoms with Gasteiger partial charge in [-0.25, -0.2) is 4.79 Å². The molecule has 41 heavy (non-hydrogen) atoms. The van der Waals surface area contributed by atoms with Crippen LogP contribution in [0.4, 0.5) is 4.79 Å². The number of amides is 3. The molecule has 0 spiro atoms. The predicted octanol–water partition coefficient (Wildman–Crippen LogP) is 4.02. The fourth-order valence-electron chi connectivity index (χ4n) is 4.42. The van der Waals surface area contributed by atoms with Crippen molar-refractivity contribution in [2.24, 2.45) is 0 Å². The second kappa shape index (κ2) is 14.3. The molecule has 0 bridgehead atoms. The number of benzene rings is 3. The molecule has 3 rings (SSSR count). The van der Waals surface area contributed by atoms with Crippen LogP contribution in [-0.2, 0) is 27.3 Å². The Balaban J connectivity index is 1.99. The predicted molar refractivity (Wildman–Crippen MR) is 156 cm³/mol. The molecule has 3 aromatic carbocycles. The van der Waals surface area contributed by atoms with Crippen molar-refractivity contribution in [3.63, 3.8) is 0 Å². The van der Waals surface area contributed by atoms with Crippen molar-refractivity contribution in [2.75, 3.05) is 13.2 Å². The Bertz CT molecular complexity index is 1310. The van der Waals surface area contributed by atoms with Crippen molar-refractivity contribution < 1.29 is 29.3 Å². The molecule has 218 valence electrons. The lowest BCUT2D eigenvalue weighted by molar-refractivity contribution is -0.143. The van der Waals surface area contributed by atoms with Gasteiger partial charge >= 0.3 is 6.09 Å². The van der Waals surface area contributed by atoms with Crippen LogP contribution in [0, 0.1) is 6.92 Å². The maximum absolute atomic E-state index is 14.2. The van der Waals surface area contributed by atoms with E-state index in [-0.39, 0.29) is 25.3 Å². The molecule has 0 aliphatic rings. The Kier molecular flexibility index (Phi) is 10.9. The third-order valence-electron chi connectivity index (χ3n) is 6.34. The summed E-state index contributed by atoms with van der Waals surface area (Å²) in [4.78, 5) is 42.1. The van der Waals surface area contributed by atoms with Gasteiger partial charge < -0.3 is 30.5 Å². The van der Waals surface area contributed by atoms with Crippen LogP contribution >= 0.6 is 0 Å². The fraction of sp³-hybridized carbons (Fsp3) is 0.344. The second-order valence-corrected chi connectivity index (χ2v) is 10.8. The highest BCUT2D eigenvalue weighted by molar-refractivity contribution is 5.92. The minimum absolute atomic E-state index is 0.0619. The number of ether oxygens (including phenoxy) is 1. The summed E-state index contributed by atoms with van der Waals surface area (Å²) >= 11 is 0. The number of phenols is 1. The topological polar surface area (TPSA) is 128 Å². The van der Waals surface area contributed by atoms with Crippen LogP contribution in [0.3, 0.4) is 0 Å². The number of phenolic OH excluding ortho intramolecular Hbond substituents is 1. The van der Waals surface area contributed by atoms with Crippen molar-refractivity contribution >= 4 is 17.9 Å². The Morgan fingerprint density at radius 1 is 0.902 bits per heavy atom. The summed E-state index contributed by atoms with van der Waals surface area (Å²) in [5, 5.41) is 25.3. The summed E-state index contributed by atoms with van der Waals surface area (Å²) in [5.74, 6) is -0.931. The van der Waals surface area contributed by atoms with Gasteiger partial charge in [0.25, 0.3) is 0 Å². The molecular weight excluding hydrogens is 522 g/mol. The first kappa shape index (κ1) is 31.2. The van der Waals surface area contributed by atoms with Crippen LogP contribution < -0.4 is 10.6 Å². The SMILES string of the molecule is Cc1ccccc1C(C(=O)NCc1ccccc1)N(CCO)C(=O)C(Cc1ccc(O)cc1)NC(=O)OC(C)(C)C. The van der Waals surface area contributed by atoms with Crippen LogP contribution in [0.15, 0.2) is 78.9 Å². The van der Waals surface area contributed by atoms with E-state index in [0.717, 1.165) is 11.1 Å². The van der Waals surface area contributed by atoms with Crippen LogP contribution in [-0.4, -0.2) is 57.8 Å². The number of alkyl carbamates (subject to hydrolysis) is 1. The standard InChI is InChI=1S/C32H39N3O6/c1-22-10-8-9-13-26(22)28(29(38)33-21-24-11-6-5-7-12-24)35(18-19-36)30(39)27(34-31(40)41-32(2,3)4)20-23-14-16-25(37)17-15-23/h5-17,27-28,36-37H,18-21H2,1-4H3,(H,33,38)(H,34,40). The van der Waals surface area contributed by atoms with Gasteiger partial charge in [-0.1, -0.05) is 66.7 Å². The van der Waals surface area contributed by atoms with Gasteiger partial charge in [-0.2, -0.15) is 0 Å². The number of aromatic hydroxyl groups is 1. The molecule has 0 aliphatic heterocycles. The Morgan fingerprint density at radius 2 is 1.54 bits per heavy atom. The summed E-state index contributed by atoms with van der Waals surface area (Å²) in [5.41, 5.74) is 2.14. The number of aliphatic hydroxyl groups is 1. The molecule has 0 aliphatic carbocycles. The normalized spacial score (nSPS) is 12.6. The molecule has 4 N–H and O–H groups in total. The lowest BCUT2D eigenvalue weighted by Crippen LogP contribution is -2.54. The Morgan fingerprint density at radius 3 is 2.15 bits per heavy atom. The number of aliphatic hydroxyl groups excluding tert-OH is 1. The smallest absolute Gasteiger partial charge is 0.408 e. The van der Waals surface area contributed by atoms with E-state index >= 15 is 0 Å². The number of nitrogens with zero attached hydrogens (tertiary/aromatic N) is 1. The molecule has 2 atom stereocenters. The molecule has 0 aromatic heterocycles. The maximum atomic E-state index is 14.2. The number of nitrogens with one attached hydrogen (secondary N) is 2. The summed E-state index contributed by atoms with van der Waals surface area (Å²) in [6, 6.07) is 20.7. The van der Waals surface area contributed by atoms with E-state index < -0.39 is 42.2 Å². The molecular formula is C32H39N3O6. The third kappa shape index (κ3) is 9.36. The molecule has 2 unspecified atom stereocenters. The summed E-state index contributed by atoms with van der Waals surface area (Å²) in [6.45, 7) is 6.68. The summed E-state index contributed by atoms with van der Waals surface area (Å²) < 4.78 is 5.42. The zero-order chi connectivity index (χ0) is 30.0. The van der Waals surface area contributed by atoms with Crippen molar-refractivity contribution in [2.45, 2.75) is 58.3 Å². The highest BCUT2D eigenvalue weighted by atomic mass is 16.6. The average molecular weight is 562 g/mol. The van der Waals surface area contributed by atoms with Gasteiger partial charge in [0.15, 0.2) is 0 Å². The number of aryl methyl sites for hydroxylation is 1. The molecule has 9 heteroatoms. The lowest BCUT2D eigenvalue weighted by atomic mass is 9.97. The van der Waals surface area contributed by atoms with E-state index in [0.29, 0.717) is 11.1 Å². The van der Waals surface area contributed by atoms with Gasteiger partial charge in [-0.3, -0.25) is 9.59 Å². The quantitative estimate of drug-likeness (QED) is 0.280. The molecule has 3 aromatic rings. The van der Waals surface area contributed by atoms with Crippen molar-refractivity contribution in [1.29, 1.82) is 0 Å². The first-order valence-electron chi connectivity index (χ1n) is 13.5. The van der Waals surface area contributed by atoms with E-state index in [2.05, 4.69) is 10.6 Å². The molecule has 0 saturated carbocycles. The first-order chi connectivity index (χ1) is 19.5. The van der Waals surface area contributed by atoms with Gasteiger partial charge in [-0.15, -0.1) is 0 Å². The van der Waals surface area contributed by atoms with E-state index in [1.165, 1.54) is 17.0 Å². The number of rotatable bonds is 11. The second-order valence-electron chi connectivity index (χ2n) is 10.8. The molecule has 3 amide bonds. The van der Waals surface area contributed by atoms with E-state index in [9.17, 15) is 24.6 Å². The monoisotopic (exact) mass is 561 g/mol.